The number of hydrogen-bond donors (Lipinski definition) is 1. The van der Waals surface area contributed by atoms with Crippen LogP contribution in [0.4, 0.5) is 5.82 Å². The molecule has 94 valence electrons. The fourth-order valence-corrected chi connectivity index (χ4v) is 1.63. The lowest BCUT2D eigenvalue weighted by molar-refractivity contribution is -0.130. The van der Waals surface area contributed by atoms with Crippen LogP contribution in [0.2, 0.25) is 0 Å². The second kappa shape index (κ2) is 4.95. The Hall–Kier alpha value is -2.24. The molecule has 1 aliphatic heterocycles. The Kier molecular flexibility index (Phi) is 3.36. The minimum Gasteiger partial charge on any atom is -0.305 e. The van der Waals surface area contributed by atoms with Crippen molar-refractivity contribution in [1.82, 2.24) is 9.99 Å². The van der Waals surface area contributed by atoms with Crippen molar-refractivity contribution in [3.8, 4) is 0 Å². The molecular weight excluding hydrogens is 232 g/mol. The second-order valence-electron chi connectivity index (χ2n) is 4.09. The average Bonchev–Trinajstić information content (AvgIpc) is 2.35. The molecule has 2 rings (SSSR count). The molecule has 1 aromatic rings. The van der Waals surface area contributed by atoms with E-state index in [1.807, 2.05) is 13.0 Å². The summed E-state index contributed by atoms with van der Waals surface area (Å²) in [5.41, 5.74) is 1.23. The van der Waals surface area contributed by atoms with E-state index in [1.54, 1.807) is 19.3 Å². The van der Waals surface area contributed by atoms with E-state index in [9.17, 15) is 9.59 Å². The molecule has 6 heteroatoms. The number of nitrogens with one attached hydrogen (secondary N) is 1. The number of amides is 2. The standard InChI is InChI=1S/C12H14N4O2/c1-8-4-3-7-13-11(8)14-12(18)9-5-6-10(17)16(2)15-9/h3-4,7H,5-6H2,1-2H3,(H,13,14,18). The van der Waals surface area contributed by atoms with Crippen molar-refractivity contribution in [3.63, 3.8) is 0 Å². The molecule has 0 fully saturated rings. The van der Waals surface area contributed by atoms with Crippen LogP contribution in [0.15, 0.2) is 23.4 Å². The first-order valence-corrected chi connectivity index (χ1v) is 5.65. The number of pyridine rings is 1. The highest BCUT2D eigenvalue weighted by Gasteiger charge is 2.22. The molecule has 0 saturated heterocycles. The molecule has 0 aromatic carbocycles. The highest BCUT2D eigenvalue weighted by Crippen LogP contribution is 2.12. The number of hydrogen-bond acceptors (Lipinski definition) is 4. The minimum atomic E-state index is -0.309. The third-order valence-electron chi connectivity index (χ3n) is 2.71. The van der Waals surface area contributed by atoms with Gasteiger partial charge in [-0.25, -0.2) is 9.99 Å². The fourth-order valence-electron chi connectivity index (χ4n) is 1.63. The van der Waals surface area contributed by atoms with Crippen molar-refractivity contribution in [3.05, 3.63) is 23.9 Å². The van der Waals surface area contributed by atoms with Crippen molar-refractivity contribution in [2.75, 3.05) is 12.4 Å². The number of rotatable bonds is 2. The quantitative estimate of drug-likeness (QED) is 0.843. The number of anilines is 1. The number of aryl methyl sites for hydroxylation is 1. The summed E-state index contributed by atoms with van der Waals surface area (Å²) in [4.78, 5) is 27.3. The molecule has 0 spiro atoms. The van der Waals surface area contributed by atoms with Gasteiger partial charge < -0.3 is 5.32 Å². The monoisotopic (exact) mass is 246 g/mol. The molecule has 18 heavy (non-hydrogen) atoms. The maximum atomic E-state index is 12.0. The summed E-state index contributed by atoms with van der Waals surface area (Å²) < 4.78 is 0. The summed E-state index contributed by atoms with van der Waals surface area (Å²) in [6.45, 7) is 1.86. The average molecular weight is 246 g/mol. The van der Waals surface area contributed by atoms with Crippen LogP contribution in [0.3, 0.4) is 0 Å². The van der Waals surface area contributed by atoms with Crippen LogP contribution < -0.4 is 5.32 Å². The molecule has 2 heterocycles. The van der Waals surface area contributed by atoms with Crippen molar-refractivity contribution < 1.29 is 9.59 Å². The maximum absolute atomic E-state index is 12.0. The normalized spacial score (nSPS) is 15.3. The zero-order chi connectivity index (χ0) is 13.1. The van der Waals surface area contributed by atoms with Gasteiger partial charge in [-0.3, -0.25) is 9.59 Å². The molecule has 1 aliphatic rings. The number of nitrogens with zero attached hydrogens (tertiary/aromatic N) is 3. The van der Waals surface area contributed by atoms with Gasteiger partial charge in [-0.05, 0) is 18.6 Å². The van der Waals surface area contributed by atoms with Gasteiger partial charge in [-0.1, -0.05) is 6.07 Å². The maximum Gasteiger partial charge on any atom is 0.273 e. The van der Waals surface area contributed by atoms with E-state index >= 15 is 0 Å². The number of aromatic nitrogens is 1. The lowest BCUT2D eigenvalue weighted by atomic mass is 10.1. The van der Waals surface area contributed by atoms with Gasteiger partial charge in [0.05, 0.1) is 0 Å². The zero-order valence-electron chi connectivity index (χ0n) is 10.3. The third kappa shape index (κ3) is 2.53. The molecular formula is C12H14N4O2. The van der Waals surface area contributed by atoms with Crippen LogP contribution in [0.25, 0.3) is 0 Å². The van der Waals surface area contributed by atoms with Gasteiger partial charge >= 0.3 is 0 Å². The lowest BCUT2D eigenvalue weighted by Crippen LogP contribution is -2.34. The molecule has 1 aromatic heterocycles. The van der Waals surface area contributed by atoms with Crippen LogP contribution in [-0.4, -0.2) is 34.6 Å². The third-order valence-corrected chi connectivity index (χ3v) is 2.71. The Labute approximate surface area is 105 Å². The number of carbonyl (C=O) groups excluding carboxylic acids is 2. The Morgan fingerprint density at radius 3 is 2.89 bits per heavy atom. The molecule has 0 saturated carbocycles. The van der Waals surface area contributed by atoms with Gasteiger partial charge in [0.15, 0.2) is 0 Å². The van der Waals surface area contributed by atoms with E-state index < -0.39 is 0 Å². The Morgan fingerprint density at radius 2 is 2.22 bits per heavy atom. The summed E-state index contributed by atoms with van der Waals surface area (Å²) in [5, 5.41) is 7.84. The van der Waals surface area contributed by atoms with Gasteiger partial charge in [-0.15, -0.1) is 0 Å². The van der Waals surface area contributed by atoms with Crippen molar-refractivity contribution in [1.29, 1.82) is 0 Å². The van der Waals surface area contributed by atoms with Crippen molar-refractivity contribution >= 4 is 23.3 Å². The number of carbonyl (C=O) groups is 2. The molecule has 0 aliphatic carbocycles. The first kappa shape index (κ1) is 12.2. The zero-order valence-corrected chi connectivity index (χ0v) is 10.3. The Balaban J connectivity index is 2.12. The molecule has 1 N–H and O–H groups in total. The first-order chi connectivity index (χ1) is 8.58. The summed E-state index contributed by atoms with van der Waals surface area (Å²) in [5.74, 6) is 0.126. The predicted octanol–water partition coefficient (Wildman–Crippen LogP) is 0.937. The largest absolute Gasteiger partial charge is 0.305 e. The van der Waals surface area contributed by atoms with Gasteiger partial charge in [0.25, 0.3) is 5.91 Å². The summed E-state index contributed by atoms with van der Waals surface area (Å²) in [6.07, 6.45) is 2.28. The van der Waals surface area contributed by atoms with Crippen molar-refractivity contribution in [2.45, 2.75) is 19.8 Å². The van der Waals surface area contributed by atoms with Gasteiger partial charge in [0, 0.05) is 26.1 Å². The number of hydrazone groups is 1. The highest BCUT2D eigenvalue weighted by atomic mass is 16.2. The minimum absolute atomic E-state index is 0.0828. The molecule has 0 radical (unpaired) electrons. The molecule has 0 bridgehead atoms. The van der Waals surface area contributed by atoms with Crippen molar-refractivity contribution in [2.24, 2.45) is 5.10 Å². The highest BCUT2D eigenvalue weighted by molar-refractivity contribution is 6.43. The molecule has 6 nitrogen and oxygen atoms in total. The molecule has 0 atom stereocenters. The van der Waals surface area contributed by atoms with Crippen LogP contribution in [-0.2, 0) is 9.59 Å². The summed E-state index contributed by atoms with van der Waals surface area (Å²) >= 11 is 0. The van der Waals surface area contributed by atoms with E-state index in [4.69, 9.17) is 0 Å². The Morgan fingerprint density at radius 1 is 1.44 bits per heavy atom. The summed E-state index contributed by atoms with van der Waals surface area (Å²) in [7, 11) is 1.54. The Bertz CT molecular complexity index is 525. The van der Waals surface area contributed by atoms with Crippen LogP contribution in [0, 0.1) is 6.92 Å². The molecule has 0 unspecified atom stereocenters. The fraction of sp³-hybridized carbons (Fsp3) is 0.333. The van der Waals surface area contributed by atoms with Gasteiger partial charge in [0.2, 0.25) is 5.91 Å². The second-order valence-corrected chi connectivity index (χ2v) is 4.09. The lowest BCUT2D eigenvalue weighted by Gasteiger charge is -2.18. The molecule has 2 amide bonds. The van der Waals surface area contributed by atoms with Gasteiger partial charge in [0.1, 0.15) is 11.5 Å². The SMILES string of the molecule is Cc1cccnc1NC(=O)C1=NN(C)C(=O)CC1. The summed E-state index contributed by atoms with van der Waals surface area (Å²) in [6, 6.07) is 3.66. The predicted molar refractivity (Wildman–Crippen MR) is 67.0 cm³/mol. The van der Waals surface area contributed by atoms with E-state index in [-0.39, 0.29) is 11.8 Å². The van der Waals surface area contributed by atoms with Crippen LogP contribution >= 0.6 is 0 Å². The smallest absolute Gasteiger partial charge is 0.273 e. The van der Waals surface area contributed by atoms with E-state index in [2.05, 4.69) is 15.4 Å². The van der Waals surface area contributed by atoms with Crippen LogP contribution in [0.1, 0.15) is 18.4 Å². The van der Waals surface area contributed by atoms with E-state index in [0.717, 1.165) is 5.56 Å². The topological polar surface area (TPSA) is 74.7 Å². The van der Waals surface area contributed by atoms with E-state index in [1.165, 1.54) is 5.01 Å². The van der Waals surface area contributed by atoms with E-state index in [0.29, 0.717) is 24.4 Å². The van der Waals surface area contributed by atoms with Gasteiger partial charge in [-0.2, -0.15) is 5.10 Å². The van der Waals surface area contributed by atoms with Crippen LogP contribution in [0.5, 0.6) is 0 Å². The first-order valence-electron chi connectivity index (χ1n) is 5.65.